The Morgan fingerprint density at radius 2 is 1.73 bits per heavy atom. The molecule has 1 heterocycles. The Hall–Kier alpha value is -3.59. The summed E-state index contributed by atoms with van der Waals surface area (Å²) in [6, 6.07) is 17.2. The number of carbonyl (C=O) groups is 1. The summed E-state index contributed by atoms with van der Waals surface area (Å²) in [6.07, 6.45) is 1.06. The van der Waals surface area contributed by atoms with Gasteiger partial charge in [0.15, 0.2) is 0 Å². The van der Waals surface area contributed by atoms with E-state index in [1.165, 1.54) is 25.3 Å². The Morgan fingerprint density at radius 1 is 1.03 bits per heavy atom. The van der Waals surface area contributed by atoms with Gasteiger partial charge in [-0.1, -0.05) is 32.0 Å². The molecule has 0 aromatic heterocycles. The Bertz CT molecular complexity index is 1350. The molecule has 0 bridgehead atoms. The van der Waals surface area contributed by atoms with E-state index in [0.717, 1.165) is 12.0 Å². The van der Waals surface area contributed by atoms with Crippen molar-refractivity contribution in [3.05, 3.63) is 83.7 Å². The van der Waals surface area contributed by atoms with Crippen molar-refractivity contribution in [3.8, 4) is 5.75 Å². The SMILES string of the molecule is COc1cccc(NS(=O)(=O)c2cc(C(=O)N3C[C@@H](C)C[C@H](C)C3)ccc2NCc2ccc(F)cc2)c1. The Balaban J connectivity index is 1.67. The fourth-order valence-electron chi connectivity index (χ4n) is 4.73. The van der Waals surface area contributed by atoms with E-state index in [-0.39, 0.29) is 23.2 Å². The summed E-state index contributed by atoms with van der Waals surface area (Å²) < 4.78 is 48.2. The smallest absolute Gasteiger partial charge is 0.263 e. The Morgan fingerprint density at radius 3 is 2.41 bits per heavy atom. The molecule has 1 fully saturated rings. The molecule has 1 amide bonds. The number of benzene rings is 3. The van der Waals surface area contributed by atoms with Crippen LogP contribution in [0.5, 0.6) is 5.75 Å². The minimum atomic E-state index is -4.09. The fourth-order valence-corrected chi connectivity index (χ4v) is 5.99. The van der Waals surface area contributed by atoms with E-state index in [2.05, 4.69) is 23.9 Å². The molecular formula is C28H32FN3O4S. The van der Waals surface area contributed by atoms with Gasteiger partial charge in [0, 0.05) is 31.3 Å². The molecule has 0 unspecified atom stereocenters. The van der Waals surface area contributed by atoms with Gasteiger partial charge >= 0.3 is 0 Å². The molecule has 7 nitrogen and oxygen atoms in total. The van der Waals surface area contributed by atoms with Crippen LogP contribution < -0.4 is 14.8 Å². The average molecular weight is 526 g/mol. The lowest BCUT2D eigenvalue weighted by Crippen LogP contribution is -2.42. The zero-order chi connectivity index (χ0) is 26.6. The van der Waals surface area contributed by atoms with E-state index in [1.54, 1.807) is 53.4 Å². The third-order valence-electron chi connectivity index (χ3n) is 6.39. The summed E-state index contributed by atoms with van der Waals surface area (Å²) in [6.45, 7) is 5.78. The lowest BCUT2D eigenvalue weighted by atomic mass is 9.91. The molecule has 3 aromatic rings. The number of anilines is 2. The fraction of sp³-hybridized carbons (Fsp3) is 0.321. The van der Waals surface area contributed by atoms with Crippen molar-refractivity contribution in [3.63, 3.8) is 0 Å². The molecule has 196 valence electrons. The minimum Gasteiger partial charge on any atom is -0.497 e. The number of methoxy groups -OCH3 is 1. The number of hydrogen-bond donors (Lipinski definition) is 2. The maximum atomic E-state index is 13.6. The monoisotopic (exact) mass is 525 g/mol. The average Bonchev–Trinajstić information content (AvgIpc) is 2.87. The minimum absolute atomic E-state index is 0.0543. The lowest BCUT2D eigenvalue weighted by Gasteiger charge is -2.35. The van der Waals surface area contributed by atoms with Crippen molar-refractivity contribution >= 4 is 27.3 Å². The van der Waals surface area contributed by atoms with Gasteiger partial charge in [0.1, 0.15) is 16.5 Å². The lowest BCUT2D eigenvalue weighted by molar-refractivity contribution is 0.0623. The number of amides is 1. The number of piperidine rings is 1. The van der Waals surface area contributed by atoms with Crippen LogP contribution in [-0.2, 0) is 16.6 Å². The summed E-state index contributed by atoms with van der Waals surface area (Å²) in [5.41, 5.74) is 1.75. The first-order chi connectivity index (χ1) is 17.6. The van der Waals surface area contributed by atoms with Crippen molar-refractivity contribution < 1.29 is 22.3 Å². The maximum Gasteiger partial charge on any atom is 0.263 e. The number of carbonyl (C=O) groups excluding carboxylic acids is 1. The molecule has 37 heavy (non-hydrogen) atoms. The summed E-state index contributed by atoms with van der Waals surface area (Å²) in [5, 5.41) is 3.13. The molecule has 4 rings (SSSR count). The van der Waals surface area contributed by atoms with Gasteiger partial charge in [-0.15, -0.1) is 0 Å². The zero-order valence-corrected chi connectivity index (χ0v) is 22.0. The van der Waals surface area contributed by atoms with Gasteiger partial charge in [-0.3, -0.25) is 9.52 Å². The van der Waals surface area contributed by atoms with Crippen molar-refractivity contribution in [1.82, 2.24) is 4.90 Å². The van der Waals surface area contributed by atoms with Crippen LogP contribution in [0, 0.1) is 17.7 Å². The molecule has 0 saturated carbocycles. The molecule has 2 atom stereocenters. The number of halogens is 1. The second kappa shape index (κ2) is 11.2. The van der Waals surface area contributed by atoms with Gasteiger partial charge in [0.25, 0.3) is 15.9 Å². The standard InChI is InChI=1S/C28H32FN3O4S/c1-19-13-20(2)18-32(17-19)28(33)22-9-12-26(30-16-21-7-10-23(29)11-8-21)27(14-22)37(34,35)31-24-5-4-6-25(15-24)36-3/h4-12,14-15,19-20,30-31H,13,16-18H2,1-3H3/t19-,20-/m0/s1. The van der Waals surface area contributed by atoms with Crippen molar-refractivity contribution in [2.75, 3.05) is 30.2 Å². The van der Waals surface area contributed by atoms with Crippen LogP contribution in [0.2, 0.25) is 0 Å². The van der Waals surface area contributed by atoms with Crippen LogP contribution >= 0.6 is 0 Å². The second-order valence-corrected chi connectivity index (χ2v) is 11.3. The Labute approximate surface area is 217 Å². The van der Waals surface area contributed by atoms with Gasteiger partial charge in [0.05, 0.1) is 18.5 Å². The van der Waals surface area contributed by atoms with Crippen LogP contribution in [-0.4, -0.2) is 39.4 Å². The largest absolute Gasteiger partial charge is 0.497 e. The first kappa shape index (κ1) is 26.5. The molecule has 0 radical (unpaired) electrons. The first-order valence-corrected chi connectivity index (χ1v) is 13.7. The molecule has 9 heteroatoms. The van der Waals surface area contributed by atoms with Gasteiger partial charge in [0.2, 0.25) is 0 Å². The van der Waals surface area contributed by atoms with E-state index in [4.69, 9.17) is 4.74 Å². The highest BCUT2D eigenvalue weighted by Crippen LogP contribution is 2.29. The number of nitrogens with one attached hydrogen (secondary N) is 2. The van der Waals surface area contributed by atoms with Crippen LogP contribution in [0.3, 0.4) is 0 Å². The summed E-state index contributed by atoms with van der Waals surface area (Å²) in [7, 11) is -2.58. The van der Waals surface area contributed by atoms with E-state index in [9.17, 15) is 17.6 Å². The van der Waals surface area contributed by atoms with E-state index >= 15 is 0 Å². The number of likely N-dealkylation sites (tertiary alicyclic amines) is 1. The molecule has 1 aliphatic rings. The highest BCUT2D eigenvalue weighted by Gasteiger charge is 2.28. The summed E-state index contributed by atoms with van der Waals surface area (Å²) in [4.78, 5) is 15.1. The van der Waals surface area contributed by atoms with Crippen LogP contribution in [0.25, 0.3) is 0 Å². The van der Waals surface area contributed by atoms with Crippen molar-refractivity contribution in [1.29, 1.82) is 0 Å². The van der Waals surface area contributed by atoms with Crippen LogP contribution in [0.1, 0.15) is 36.2 Å². The first-order valence-electron chi connectivity index (χ1n) is 12.2. The van der Waals surface area contributed by atoms with Crippen molar-refractivity contribution in [2.45, 2.75) is 31.7 Å². The quantitative estimate of drug-likeness (QED) is 0.413. The molecule has 0 aliphatic carbocycles. The molecule has 2 N–H and O–H groups in total. The highest BCUT2D eigenvalue weighted by molar-refractivity contribution is 7.92. The summed E-state index contributed by atoms with van der Waals surface area (Å²) >= 11 is 0. The van der Waals surface area contributed by atoms with E-state index in [0.29, 0.717) is 47.6 Å². The van der Waals surface area contributed by atoms with Gasteiger partial charge in [-0.05, 0) is 66.3 Å². The predicted octanol–water partition coefficient (Wildman–Crippen LogP) is 5.37. The molecular weight excluding hydrogens is 493 g/mol. The summed E-state index contributed by atoms with van der Waals surface area (Å²) in [5.74, 6) is 0.719. The highest BCUT2D eigenvalue weighted by atomic mass is 32.2. The number of sulfonamides is 1. The molecule has 0 spiro atoms. The second-order valence-electron chi connectivity index (χ2n) is 9.68. The van der Waals surface area contributed by atoms with Gasteiger partial charge in [-0.25, -0.2) is 12.8 Å². The normalized spacial score (nSPS) is 17.8. The van der Waals surface area contributed by atoms with E-state index in [1.807, 2.05) is 0 Å². The van der Waals surface area contributed by atoms with Gasteiger partial charge in [-0.2, -0.15) is 0 Å². The topological polar surface area (TPSA) is 87.7 Å². The van der Waals surface area contributed by atoms with Gasteiger partial charge < -0.3 is 15.0 Å². The molecule has 3 aromatic carbocycles. The number of rotatable bonds is 8. The maximum absolute atomic E-state index is 13.6. The van der Waals surface area contributed by atoms with Crippen LogP contribution in [0.4, 0.5) is 15.8 Å². The number of ether oxygens (including phenoxy) is 1. The predicted molar refractivity (Wildman–Crippen MR) is 143 cm³/mol. The third-order valence-corrected chi connectivity index (χ3v) is 7.81. The van der Waals surface area contributed by atoms with E-state index < -0.39 is 10.0 Å². The van der Waals surface area contributed by atoms with Crippen LogP contribution in [0.15, 0.2) is 71.6 Å². The zero-order valence-electron chi connectivity index (χ0n) is 21.2. The molecule has 1 saturated heterocycles. The van der Waals surface area contributed by atoms with Crippen molar-refractivity contribution in [2.24, 2.45) is 11.8 Å². The number of nitrogens with zero attached hydrogens (tertiary/aromatic N) is 1. The third kappa shape index (κ3) is 6.60. The molecule has 1 aliphatic heterocycles. The number of hydrogen-bond acceptors (Lipinski definition) is 5. The Kier molecular flexibility index (Phi) is 8.02.